The average molecular weight is 416 g/mol. The maximum absolute atomic E-state index is 14.6. The molecule has 0 aliphatic rings. The van der Waals surface area contributed by atoms with Crippen molar-refractivity contribution < 1.29 is 13.9 Å². The molecule has 0 heterocycles. The molecule has 3 atom stereocenters. The van der Waals surface area contributed by atoms with Crippen LogP contribution in [0.15, 0.2) is 18.2 Å². The average Bonchev–Trinajstić information content (AvgIpc) is 2.59. The fourth-order valence-corrected chi connectivity index (χ4v) is 4.18. The first kappa shape index (κ1) is 23.7. The van der Waals surface area contributed by atoms with E-state index in [9.17, 15) is 24.3 Å². The Hall–Kier alpha value is -1.34. The first-order chi connectivity index (χ1) is 12.3. The molecular weight excluding hydrogens is 389 g/mol. The summed E-state index contributed by atoms with van der Waals surface area (Å²) in [5, 5.41) is 20.6. The number of nitro groups is 1. The predicted octanol–water partition coefficient (Wildman–Crippen LogP) is 4.43. The van der Waals surface area contributed by atoms with Crippen molar-refractivity contribution in [3.05, 3.63) is 39.7 Å². The Bertz CT molecular complexity index is 736. The lowest BCUT2D eigenvalue weighted by atomic mass is 9.94. The molecule has 1 aromatic carbocycles. The highest BCUT2D eigenvalue weighted by Crippen LogP contribution is 2.37. The van der Waals surface area contributed by atoms with Crippen molar-refractivity contribution in [1.29, 1.82) is 5.26 Å². The van der Waals surface area contributed by atoms with Gasteiger partial charge in [0.15, 0.2) is 0 Å². The highest BCUT2D eigenvalue weighted by atomic mass is 32.2. The lowest BCUT2D eigenvalue weighted by Gasteiger charge is -2.36. The Morgan fingerprint density at radius 3 is 2.37 bits per heavy atom. The van der Waals surface area contributed by atoms with E-state index in [1.54, 1.807) is 34.6 Å². The van der Waals surface area contributed by atoms with E-state index in [0.29, 0.717) is 6.42 Å². The lowest BCUT2D eigenvalue weighted by molar-refractivity contribution is -0.385. The highest BCUT2D eigenvalue weighted by Gasteiger charge is 2.41. The van der Waals surface area contributed by atoms with E-state index < -0.39 is 37.1 Å². The van der Waals surface area contributed by atoms with Gasteiger partial charge in [0.25, 0.3) is 5.69 Å². The summed E-state index contributed by atoms with van der Waals surface area (Å²) in [5.41, 5.74) is -1.37. The van der Waals surface area contributed by atoms with E-state index in [1.807, 2.05) is 6.92 Å². The smallest absolute Gasteiger partial charge is 0.269 e. The molecule has 1 N–H and O–H groups in total. The number of hydrogen-bond donors (Lipinski definition) is 1. The van der Waals surface area contributed by atoms with Crippen molar-refractivity contribution in [2.24, 2.45) is 0 Å². The van der Waals surface area contributed by atoms with Gasteiger partial charge in [-0.05, 0) is 47.1 Å². The number of thioether (sulfide) groups is 1. The second-order valence-electron chi connectivity index (χ2n) is 7.72. The Morgan fingerprint density at radius 1 is 1.33 bits per heavy atom. The zero-order valence-corrected chi connectivity index (χ0v) is 18.1. The summed E-state index contributed by atoms with van der Waals surface area (Å²) in [5.74, 6) is -0.414. The number of nitrogens with zero attached hydrogens (tertiary/aromatic N) is 2. The molecule has 1 unspecified atom stereocenters. The van der Waals surface area contributed by atoms with Crippen molar-refractivity contribution in [3.63, 3.8) is 0 Å². The zero-order valence-electron chi connectivity index (χ0n) is 16.5. The maximum Gasteiger partial charge on any atom is 0.269 e. The Kier molecular flexibility index (Phi) is 7.70. The number of halogens is 1. The maximum atomic E-state index is 14.6. The summed E-state index contributed by atoms with van der Waals surface area (Å²) in [6, 6.07) is 5.54. The molecule has 0 saturated carbocycles. The first-order valence-corrected chi connectivity index (χ1v) is 10.6. The molecule has 1 rings (SSSR count). The van der Waals surface area contributed by atoms with Crippen LogP contribution in [0.3, 0.4) is 0 Å². The Balaban J connectivity index is 3.39. The third kappa shape index (κ3) is 6.07. The first-order valence-electron chi connectivity index (χ1n) is 8.47. The molecule has 1 aromatic rings. The second-order valence-corrected chi connectivity index (χ2v) is 11.2. The second kappa shape index (κ2) is 8.78. The number of rotatable bonds is 8. The fourth-order valence-electron chi connectivity index (χ4n) is 2.09. The molecule has 6 nitrogen and oxygen atoms in total. The molecule has 150 valence electrons. The topological polar surface area (TPSA) is 102 Å². The van der Waals surface area contributed by atoms with Crippen LogP contribution in [0.4, 0.5) is 10.1 Å². The van der Waals surface area contributed by atoms with E-state index in [-0.39, 0.29) is 17.0 Å². The zero-order chi connectivity index (χ0) is 21.0. The van der Waals surface area contributed by atoms with Gasteiger partial charge in [0.05, 0.1) is 21.3 Å². The van der Waals surface area contributed by atoms with Crippen molar-refractivity contribution in [2.75, 3.05) is 5.75 Å². The van der Waals surface area contributed by atoms with Crippen LogP contribution in [-0.2, 0) is 16.9 Å². The van der Waals surface area contributed by atoms with Crippen molar-refractivity contribution in [3.8, 4) is 6.07 Å². The van der Waals surface area contributed by atoms with Crippen LogP contribution in [0.25, 0.3) is 0 Å². The molecule has 0 radical (unpaired) electrons. The van der Waals surface area contributed by atoms with Crippen molar-refractivity contribution in [1.82, 2.24) is 4.72 Å². The predicted molar refractivity (Wildman–Crippen MR) is 108 cm³/mol. The van der Waals surface area contributed by atoms with Gasteiger partial charge < -0.3 is 4.55 Å². The van der Waals surface area contributed by atoms with Crippen LogP contribution < -0.4 is 4.72 Å². The highest BCUT2D eigenvalue weighted by molar-refractivity contribution is 8.01. The monoisotopic (exact) mass is 415 g/mol. The molecule has 0 bridgehead atoms. The molecular formula is C18H26FN3O3S2. The molecule has 0 aliphatic heterocycles. The standard InChI is InChI=1S/C18H26FN3O3S2/c1-7-17(5,11-20)26-12-18(6,21-27(25)16(2,3)4)14-10-13(22(23)24)8-9-15(14)19/h8-10,21H,7,12H2,1-6H3/t17?,18-,27+/m0/s1. The molecule has 0 spiro atoms. The molecule has 0 aliphatic carbocycles. The number of nitriles is 1. The van der Waals surface area contributed by atoms with E-state index >= 15 is 0 Å². The van der Waals surface area contributed by atoms with Crippen LogP contribution in [0.5, 0.6) is 0 Å². The number of hydrogen-bond acceptors (Lipinski definition) is 6. The van der Waals surface area contributed by atoms with Gasteiger partial charge in [0.2, 0.25) is 0 Å². The van der Waals surface area contributed by atoms with Crippen LogP contribution >= 0.6 is 11.8 Å². The van der Waals surface area contributed by atoms with Gasteiger partial charge >= 0.3 is 0 Å². The molecule has 0 fully saturated rings. The normalized spacial score (nSPS) is 17.4. The summed E-state index contributed by atoms with van der Waals surface area (Å²) in [6.45, 7) is 10.6. The number of nitro benzene ring substituents is 1. The van der Waals surface area contributed by atoms with E-state index in [2.05, 4.69) is 10.8 Å². The van der Waals surface area contributed by atoms with Gasteiger partial charge in [-0.2, -0.15) is 5.26 Å². The van der Waals surface area contributed by atoms with Gasteiger partial charge in [0, 0.05) is 34.8 Å². The Morgan fingerprint density at radius 2 is 1.93 bits per heavy atom. The minimum atomic E-state index is -1.55. The lowest BCUT2D eigenvalue weighted by Crippen LogP contribution is -2.52. The van der Waals surface area contributed by atoms with E-state index in [0.717, 1.165) is 12.1 Å². The molecule has 9 heteroatoms. The van der Waals surface area contributed by atoms with Gasteiger partial charge in [-0.3, -0.25) is 10.1 Å². The Labute approximate surface area is 167 Å². The van der Waals surface area contributed by atoms with Gasteiger partial charge in [-0.25, -0.2) is 4.39 Å². The van der Waals surface area contributed by atoms with Crippen LogP contribution in [0.1, 0.15) is 53.5 Å². The molecule has 27 heavy (non-hydrogen) atoms. The SMILES string of the molecule is CCC(C)(C#N)SC[C@](C)(N[S@+]([O-])C(C)(C)C)c1cc([N+](=O)[O-])ccc1F. The van der Waals surface area contributed by atoms with Gasteiger partial charge in [-0.15, -0.1) is 16.5 Å². The van der Waals surface area contributed by atoms with Crippen LogP contribution in [0, 0.1) is 27.3 Å². The summed E-state index contributed by atoms with van der Waals surface area (Å²) in [6.07, 6.45) is 0.573. The van der Waals surface area contributed by atoms with Gasteiger partial charge in [0.1, 0.15) is 10.6 Å². The van der Waals surface area contributed by atoms with E-state index in [4.69, 9.17) is 0 Å². The summed E-state index contributed by atoms with van der Waals surface area (Å²) >= 11 is -0.241. The fraction of sp³-hybridized carbons (Fsp3) is 0.611. The van der Waals surface area contributed by atoms with Crippen LogP contribution in [0.2, 0.25) is 0 Å². The number of non-ortho nitro benzene ring substituents is 1. The number of nitrogens with one attached hydrogen (secondary N) is 1. The summed E-state index contributed by atoms with van der Waals surface area (Å²) in [7, 11) is 0. The molecule has 0 amide bonds. The minimum absolute atomic E-state index is 0.0539. The number of benzene rings is 1. The minimum Gasteiger partial charge on any atom is -0.598 e. The summed E-state index contributed by atoms with van der Waals surface area (Å²) < 4.78 is 29.0. The third-order valence-electron chi connectivity index (χ3n) is 4.22. The summed E-state index contributed by atoms with van der Waals surface area (Å²) in [4.78, 5) is 10.5. The quantitative estimate of drug-likeness (QED) is 0.383. The molecule has 0 saturated heterocycles. The van der Waals surface area contributed by atoms with Gasteiger partial charge in [-0.1, -0.05) is 6.92 Å². The molecule has 0 aromatic heterocycles. The van der Waals surface area contributed by atoms with Crippen molar-refractivity contribution in [2.45, 2.75) is 63.0 Å². The largest absolute Gasteiger partial charge is 0.598 e. The van der Waals surface area contributed by atoms with E-state index in [1.165, 1.54) is 17.8 Å². The third-order valence-corrected chi connectivity index (χ3v) is 7.71. The van der Waals surface area contributed by atoms with Crippen molar-refractivity contribution >= 4 is 28.8 Å². The van der Waals surface area contributed by atoms with Crippen LogP contribution in [-0.4, -0.2) is 24.7 Å².